The minimum Gasteiger partial charge on any atom is -0.339 e. The molecule has 0 radical (unpaired) electrons. The Morgan fingerprint density at radius 2 is 2.07 bits per heavy atom. The molecule has 27 heavy (non-hydrogen) atoms. The minimum absolute atomic E-state index is 0.163. The summed E-state index contributed by atoms with van der Waals surface area (Å²) in [6.45, 7) is 7.56. The molecule has 3 heterocycles. The third-order valence-electron chi connectivity index (χ3n) is 5.11. The van der Waals surface area contributed by atoms with E-state index in [-0.39, 0.29) is 5.92 Å². The van der Waals surface area contributed by atoms with Crippen LogP contribution in [0.1, 0.15) is 48.7 Å². The molecule has 1 N–H and O–H groups in total. The quantitative estimate of drug-likeness (QED) is 0.665. The van der Waals surface area contributed by atoms with Gasteiger partial charge in [0.05, 0.1) is 12.5 Å². The van der Waals surface area contributed by atoms with E-state index in [9.17, 15) is 8.42 Å². The maximum absolute atomic E-state index is 11.6. The maximum Gasteiger partial charge on any atom is 0.227 e. The first-order valence-electron chi connectivity index (χ1n) is 9.38. The van der Waals surface area contributed by atoms with Gasteiger partial charge in [-0.1, -0.05) is 5.16 Å². The van der Waals surface area contributed by atoms with Gasteiger partial charge >= 0.3 is 0 Å². The minimum atomic E-state index is -3.11. The highest BCUT2D eigenvalue weighted by Gasteiger charge is 2.28. The average Bonchev–Trinajstić information content (AvgIpc) is 3.25. The van der Waals surface area contributed by atoms with E-state index in [4.69, 9.17) is 4.52 Å². The van der Waals surface area contributed by atoms with Crippen LogP contribution in [0.25, 0.3) is 0 Å². The molecule has 2 aromatic rings. The molecule has 150 valence electrons. The molecule has 0 bridgehead atoms. The normalized spacial score (nSPS) is 16.9. The van der Waals surface area contributed by atoms with Crippen molar-refractivity contribution in [2.45, 2.75) is 52.1 Å². The Kier molecular flexibility index (Phi) is 6.28. The lowest BCUT2D eigenvalue weighted by atomic mass is 9.97. The van der Waals surface area contributed by atoms with Crippen LogP contribution in [0, 0.1) is 6.92 Å². The predicted molar refractivity (Wildman–Crippen MR) is 101 cm³/mol. The fourth-order valence-corrected chi connectivity index (χ4v) is 4.25. The first-order valence-corrected chi connectivity index (χ1v) is 11.2. The van der Waals surface area contributed by atoms with Gasteiger partial charge in [0.25, 0.3) is 0 Å². The van der Waals surface area contributed by atoms with Gasteiger partial charge in [-0.05, 0) is 26.7 Å². The first-order chi connectivity index (χ1) is 12.9. The zero-order chi connectivity index (χ0) is 19.4. The molecule has 3 rings (SSSR count). The van der Waals surface area contributed by atoms with E-state index in [0.29, 0.717) is 31.2 Å². The lowest BCUT2D eigenvalue weighted by Crippen LogP contribution is -2.37. The van der Waals surface area contributed by atoms with Crippen LogP contribution in [0.4, 0.5) is 0 Å². The van der Waals surface area contributed by atoms with Gasteiger partial charge < -0.3 is 9.84 Å². The monoisotopic (exact) mass is 396 g/mol. The van der Waals surface area contributed by atoms with Gasteiger partial charge in [0, 0.05) is 56.3 Å². The van der Waals surface area contributed by atoms with Crippen LogP contribution in [0.2, 0.25) is 0 Å². The Hall–Kier alpha value is -1.78. The van der Waals surface area contributed by atoms with Gasteiger partial charge in [0.1, 0.15) is 0 Å². The molecule has 0 amide bonds. The SMILES string of the molecule is CCn1ncc(CNCCc2nc(C3CCN(S(C)(=O)=O)CC3)no2)c1C. The van der Waals surface area contributed by atoms with Crippen LogP contribution >= 0.6 is 0 Å². The summed E-state index contributed by atoms with van der Waals surface area (Å²) < 4.78 is 32.0. The fraction of sp³-hybridized carbons (Fsp3) is 0.706. The largest absolute Gasteiger partial charge is 0.339 e. The Labute approximate surface area is 160 Å². The van der Waals surface area contributed by atoms with Crippen LogP contribution in [-0.2, 0) is 29.5 Å². The second kappa shape index (κ2) is 8.49. The van der Waals surface area contributed by atoms with E-state index in [2.05, 4.69) is 34.4 Å². The van der Waals surface area contributed by atoms with Crippen molar-refractivity contribution in [2.24, 2.45) is 0 Å². The van der Waals surface area contributed by atoms with Gasteiger partial charge in [-0.15, -0.1) is 0 Å². The van der Waals surface area contributed by atoms with E-state index < -0.39 is 10.0 Å². The molecule has 0 saturated carbocycles. The summed E-state index contributed by atoms with van der Waals surface area (Å²) in [7, 11) is -3.11. The molecule has 0 spiro atoms. The number of aryl methyl sites for hydroxylation is 1. The summed E-state index contributed by atoms with van der Waals surface area (Å²) in [5.41, 5.74) is 2.38. The van der Waals surface area contributed by atoms with Crippen molar-refractivity contribution in [2.75, 3.05) is 25.9 Å². The highest BCUT2D eigenvalue weighted by Crippen LogP contribution is 2.26. The summed E-state index contributed by atoms with van der Waals surface area (Å²) in [5.74, 6) is 1.47. The van der Waals surface area contributed by atoms with Crippen molar-refractivity contribution in [3.8, 4) is 0 Å². The van der Waals surface area contributed by atoms with Crippen molar-refractivity contribution in [1.29, 1.82) is 0 Å². The van der Waals surface area contributed by atoms with Crippen LogP contribution in [0.15, 0.2) is 10.7 Å². The highest BCUT2D eigenvalue weighted by molar-refractivity contribution is 7.88. The van der Waals surface area contributed by atoms with Crippen LogP contribution < -0.4 is 5.32 Å². The molecule has 2 aromatic heterocycles. The molecule has 1 fully saturated rings. The Morgan fingerprint density at radius 3 is 2.70 bits per heavy atom. The van der Waals surface area contributed by atoms with Crippen molar-refractivity contribution in [3.63, 3.8) is 0 Å². The molecule has 1 aliphatic rings. The standard InChI is InChI=1S/C17H28N6O3S/c1-4-23-13(2)15(12-19-23)11-18-8-5-16-20-17(21-26-16)14-6-9-22(10-7-14)27(3,24)25/h12,14,18H,4-11H2,1-3H3. The molecule has 1 aliphatic heterocycles. The average molecular weight is 397 g/mol. The van der Waals surface area contributed by atoms with Gasteiger partial charge in [-0.25, -0.2) is 12.7 Å². The summed E-state index contributed by atoms with van der Waals surface area (Å²) in [4.78, 5) is 4.50. The number of sulfonamides is 1. The molecule has 0 aliphatic carbocycles. The van der Waals surface area contributed by atoms with Crippen molar-refractivity contribution < 1.29 is 12.9 Å². The third kappa shape index (κ3) is 4.94. The van der Waals surface area contributed by atoms with Crippen molar-refractivity contribution >= 4 is 10.0 Å². The van der Waals surface area contributed by atoms with Gasteiger partial charge in [0.15, 0.2) is 5.82 Å². The number of hydrogen-bond donors (Lipinski definition) is 1. The van der Waals surface area contributed by atoms with E-state index >= 15 is 0 Å². The summed E-state index contributed by atoms with van der Waals surface area (Å²) in [6, 6.07) is 0. The summed E-state index contributed by atoms with van der Waals surface area (Å²) in [5, 5.41) is 11.8. The number of nitrogens with one attached hydrogen (secondary N) is 1. The number of hydrogen-bond acceptors (Lipinski definition) is 7. The molecular weight excluding hydrogens is 368 g/mol. The predicted octanol–water partition coefficient (Wildman–Crippen LogP) is 1.07. The van der Waals surface area contributed by atoms with Crippen LogP contribution in [0.5, 0.6) is 0 Å². The molecule has 0 unspecified atom stereocenters. The molecular formula is C17H28N6O3S. The van der Waals surface area contributed by atoms with E-state index in [1.165, 1.54) is 21.8 Å². The number of nitrogens with zero attached hydrogens (tertiary/aromatic N) is 5. The number of aromatic nitrogens is 4. The first kappa shape index (κ1) is 20.0. The van der Waals surface area contributed by atoms with E-state index in [1.807, 2.05) is 10.9 Å². The second-order valence-electron chi connectivity index (χ2n) is 6.98. The zero-order valence-corrected chi connectivity index (χ0v) is 17.0. The fourth-order valence-electron chi connectivity index (χ4n) is 3.38. The zero-order valence-electron chi connectivity index (χ0n) is 16.2. The molecule has 9 nitrogen and oxygen atoms in total. The highest BCUT2D eigenvalue weighted by atomic mass is 32.2. The molecule has 0 aromatic carbocycles. The smallest absolute Gasteiger partial charge is 0.227 e. The molecule has 10 heteroatoms. The Bertz CT molecular complexity index is 852. The van der Waals surface area contributed by atoms with Crippen LogP contribution in [0.3, 0.4) is 0 Å². The Morgan fingerprint density at radius 1 is 1.33 bits per heavy atom. The van der Waals surface area contributed by atoms with Gasteiger partial charge in [-0.2, -0.15) is 10.1 Å². The lowest BCUT2D eigenvalue weighted by Gasteiger charge is -2.28. The summed E-state index contributed by atoms with van der Waals surface area (Å²) >= 11 is 0. The number of piperidine rings is 1. The number of rotatable bonds is 8. The maximum atomic E-state index is 11.6. The van der Waals surface area contributed by atoms with E-state index in [0.717, 1.165) is 32.5 Å². The van der Waals surface area contributed by atoms with Gasteiger partial charge in [-0.3, -0.25) is 4.68 Å². The van der Waals surface area contributed by atoms with Crippen molar-refractivity contribution in [3.05, 3.63) is 29.2 Å². The summed E-state index contributed by atoms with van der Waals surface area (Å²) in [6.07, 6.45) is 5.27. The van der Waals surface area contributed by atoms with Crippen LogP contribution in [-0.4, -0.2) is 58.5 Å². The van der Waals surface area contributed by atoms with Crippen molar-refractivity contribution in [1.82, 2.24) is 29.5 Å². The third-order valence-corrected chi connectivity index (χ3v) is 6.41. The lowest BCUT2D eigenvalue weighted by molar-refractivity contribution is 0.306. The second-order valence-corrected chi connectivity index (χ2v) is 8.96. The Balaban J connectivity index is 1.44. The molecule has 1 saturated heterocycles. The van der Waals surface area contributed by atoms with E-state index in [1.54, 1.807) is 0 Å². The molecule has 0 atom stereocenters. The topological polar surface area (TPSA) is 106 Å². The van der Waals surface area contributed by atoms with Gasteiger partial charge in [0.2, 0.25) is 15.9 Å².